The number of hydrogen-bond acceptors (Lipinski definition) is 1. The molecule has 0 fully saturated rings. The van der Waals surface area contributed by atoms with E-state index in [2.05, 4.69) is 6.92 Å². The molecule has 0 rings (SSSR count). The van der Waals surface area contributed by atoms with Gasteiger partial charge in [-0.2, -0.15) is 0 Å². The van der Waals surface area contributed by atoms with E-state index in [0.717, 1.165) is 6.42 Å². The van der Waals surface area contributed by atoms with Crippen molar-refractivity contribution in [2.45, 2.75) is 78.1 Å². The Morgan fingerprint density at radius 1 is 0.882 bits per heavy atom. The van der Waals surface area contributed by atoms with Crippen molar-refractivity contribution in [3.05, 3.63) is 12.1 Å². The molecule has 0 bridgehead atoms. The van der Waals surface area contributed by atoms with E-state index >= 15 is 0 Å². The second-order valence-corrected chi connectivity index (χ2v) is 4.76. The first-order valence-corrected chi connectivity index (χ1v) is 7.21. The predicted molar refractivity (Wildman–Crippen MR) is 72.7 cm³/mol. The third-order valence-electron chi connectivity index (χ3n) is 2.86. The zero-order valence-corrected chi connectivity index (χ0v) is 11.6. The van der Waals surface area contributed by atoms with Crippen LogP contribution in [0.25, 0.3) is 0 Å². The molecule has 0 unspecified atom stereocenters. The summed E-state index contributed by atoms with van der Waals surface area (Å²) >= 11 is 0. The highest BCUT2D eigenvalue weighted by molar-refractivity contribution is 4.77. The second kappa shape index (κ2) is 13.5. The minimum atomic E-state index is -0.253. The first kappa shape index (κ1) is 16.5. The lowest BCUT2D eigenvalue weighted by Gasteiger charge is -2.02. The third-order valence-corrected chi connectivity index (χ3v) is 2.86. The van der Waals surface area contributed by atoms with Gasteiger partial charge in [-0.3, -0.25) is 0 Å². The van der Waals surface area contributed by atoms with Crippen LogP contribution in [-0.2, 0) is 4.74 Å². The Balaban J connectivity index is 2.96. The molecule has 0 N–H and O–H groups in total. The number of ether oxygens (including phenoxy) is 1. The van der Waals surface area contributed by atoms with E-state index in [1.807, 2.05) is 0 Å². The van der Waals surface area contributed by atoms with Crippen LogP contribution < -0.4 is 0 Å². The molecule has 0 saturated carbocycles. The van der Waals surface area contributed by atoms with Crippen LogP contribution in [0.1, 0.15) is 78.1 Å². The highest BCUT2D eigenvalue weighted by Gasteiger charge is 1.92. The molecule has 0 saturated heterocycles. The quantitative estimate of drug-likeness (QED) is 0.313. The van der Waals surface area contributed by atoms with E-state index in [1.54, 1.807) is 0 Å². The van der Waals surface area contributed by atoms with Crippen molar-refractivity contribution in [1.29, 1.82) is 0 Å². The van der Waals surface area contributed by atoms with E-state index < -0.39 is 0 Å². The minimum Gasteiger partial charge on any atom is -0.499 e. The standard InChI is InChI=1S/C15H29FO/c1-3-4-5-6-7-8-9-10-11-12-13-17-14-15(2)16/h14H,3-13H2,1-2H3. The summed E-state index contributed by atoms with van der Waals surface area (Å²) < 4.78 is 17.3. The Labute approximate surface area is 106 Å². The monoisotopic (exact) mass is 244 g/mol. The Morgan fingerprint density at radius 3 is 1.82 bits per heavy atom. The van der Waals surface area contributed by atoms with Crippen LogP contribution in [0, 0.1) is 0 Å². The van der Waals surface area contributed by atoms with Crippen molar-refractivity contribution < 1.29 is 9.13 Å². The maximum Gasteiger partial charge on any atom is 0.131 e. The first-order valence-electron chi connectivity index (χ1n) is 7.21. The van der Waals surface area contributed by atoms with Crippen LogP contribution in [0.15, 0.2) is 12.1 Å². The Hall–Kier alpha value is -0.530. The summed E-state index contributed by atoms with van der Waals surface area (Å²) in [6, 6.07) is 0. The summed E-state index contributed by atoms with van der Waals surface area (Å²) in [5.74, 6) is -0.253. The van der Waals surface area contributed by atoms with E-state index in [0.29, 0.717) is 6.61 Å². The van der Waals surface area contributed by atoms with Crippen LogP contribution in [0.5, 0.6) is 0 Å². The van der Waals surface area contributed by atoms with Crippen molar-refractivity contribution in [2.75, 3.05) is 6.61 Å². The lowest BCUT2D eigenvalue weighted by molar-refractivity contribution is 0.231. The molecule has 2 heteroatoms. The molecule has 1 nitrogen and oxygen atoms in total. The number of unbranched alkanes of at least 4 members (excludes halogenated alkanes) is 9. The van der Waals surface area contributed by atoms with Gasteiger partial charge < -0.3 is 4.74 Å². The fourth-order valence-corrected chi connectivity index (χ4v) is 1.85. The third kappa shape index (κ3) is 15.5. The van der Waals surface area contributed by atoms with Crippen molar-refractivity contribution >= 4 is 0 Å². The van der Waals surface area contributed by atoms with Crippen LogP contribution in [0.3, 0.4) is 0 Å². The number of hydrogen-bond donors (Lipinski definition) is 0. The van der Waals surface area contributed by atoms with Crippen molar-refractivity contribution in [1.82, 2.24) is 0 Å². The van der Waals surface area contributed by atoms with Crippen LogP contribution >= 0.6 is 0 Å². The fraction of sp³-hybridized carbons (Fsp3) is 0.867. The van der Waals surface area contributed by atoms with Gasteiger partial charge in [0.25, 0.3) is 0 Å². The summed E-state index contributed by atoms with van der Waals surface area (Å²) in [6.07, 6.45) is 14.3. The largest absolute Gasteiger partial charge is 0.499 e. The van der Waals surface area contributed by atoms with Crippen molar-refractivity contribution in [2.24, 2.45) is 0 Å². The molecule has 0 atom stereocenters. The topological polar surface area (TPSA) is 9.23 Å². The van der Waals surface area contributed by atoms with Gasteiger partial charge in [0.1, 0.15) is 12.1 Å². The molecule has 0 radical (unpaired) electrons. The number of rotatable bonds is 12. The lowest BCUT2D eigenvalue weighted by atomic mass is 10.1. The van der Waals surface area contributed by atoms with Gasteiger partial charge in [-0.05, 0) is 13.3 Å². The van der Waals surface area contributed by atoms with E-state index in [4.69, 9.17) is 4.74 Å². The Kier molecular flexibility index (Phi) is 13.1. The van der Waals surface area contributed by atoms with Gasteiger partial charge >= 0.3 is 0 Å². The maximum absolute atomic E-state index is 12.2. The van der Waals surface area contributed by atoms with Gasteiger partial charge in [0.2, 0.25) is 0 Å². The summed E-state index contributed by atoms with van der Waals surface area (Å²) in [6.45, 7) is 4.30. The molecule has 0 spiro atoms. The van der Waals surface area contributed by atoms with E-state index in [9.17, 15) is 4.39 Å². The molecule has 0 aliphatic rings. The van der Waals surface area contributed by atoms with Gasteiger partial charge in [-0.25, -0.2) is 4.39 Å². The highest BCUT2D eigenvalue weighted by atomic mass is 19.1. The summed E-state index contributed by atoms with van der Waals surface area (Å²) in [7, 11) is 0. The molecular weight excluding hydrogens is 215 g/mol. The molecule has 0 aromatic heterocycles. The van der Waals surface area contributed by atoms with Crippen LogP contribution in [0.4, 0.5) is 4.39 Å². The highest BCUT2D eigenvalue weighted by Crippen LogP contribution is 2.10. The summed E-state index contributed by atoms with van der Waals surface area (Å²) in [5.41, 5.74) is 0. The van der Waals surface area contributed by atoms with Gasteiger partial charge in [0.05, 0.1) is 6.61 Å². The normalized spacial score (nSPS) is 11.8. The zero-order chi connectivity index (χ0) is 12.8. The molecule has 0 aliphatic heterocycles. The fourth-order valence-electron chi connectivity index (χ4n) is 1.85. The molecule has 0 aromatic carbocycles. The first-order chi connectivity index (χ1) is 8.27. The molecule has 102 valence electrons. The number of halogens is 1. The van der Waals surface area contributed by atoms with Gasteiger partial charge in [0, 0.05) is 0 Å². The average Bonchev–Trinajstić information content (AvgIpc) is 2.30. The van der Waals surface area contributed by atoms with Gasteiger partial charge in [-0.1, -0.05) is 64.7 Å². The average molecular weight is 244 g/mol. The second-order valence-electron chi connectivity index (χ2n) is 4.76. The molecule has 17 heavy (non-hydrogen) atoms. The molecule has 0 heterocycles. The minimum absolute atomic E-state index is 0.253. The van der Waals surface area contributed by atoms with Gasteiger partial charge in [-0.15, -0.1) is 0 Å². The zero-order valence-electron chi connectivity index (χ0n) is 11.6. The van der Waals surface area contributed by atoms with Gasteiger partial charge in [0.15, 0.2) is 0 Å². The summed E-state index contributed by atoms with van der Waals surface area (Å²) in [5, 5.41) is 0. The Morgan fingerprint density at radius 2 is 1.35 bits per heavy atom. The van der Waals surface area contributed by atoms with Crippen LogP contribution in [-0.4, -0.2) is 6.61 Å². The maximum atomic E-state index is 12.2. The molecule has 0 aromatic rings. The molecular formula is C15H29FO. The number of allylic oxidation sites excluding steroid dienone is 1. The SMILES string of the molecule is CCCCCCCCCCCCOC=C(C)F. The van der Waals surface area contributed by atoms with Crippen molar-refractivity contribution in [3.63, 3.8) is 0 Å². The smallest absolute Gasteiger partial charge is 0.131 e. The van der Waals surface area contributed by atoms with E-state index in [-0.39, 0.29) is 5.83 Å². The Bertz CT molecular complexity index is 174. The lowest BCUT2D eigenvalue weighted by Crippen LogP contribution is -1.88. The van der Waals surface area contributed by atoms with Crippen LogP contribution in [0.2, 0.25) is 0 Å². The predicted octanol–water partition coefficient (Wildman–Crippen LogP) is 5.75. The van der Waals surface area contributed by atoms with Crippen molar-refractivity contribution in [3.8, 4) is 0 Å². The molecule has 0 aliphatic carbocycles. The van der Waals surface area contributed by atoms with E-state index in [1.165, 1.54) is 71.0 Å². The summed E-state index contributed by atoms with van der Waals surface area (Å²) in [4.78, 5) is 0. The molecule has 0 amide bonds.